The van der Waals surface area contributed by atoms with Crippen LogP contribution in [0.4, 0.5) is 40.9 Å². The molecule has 0 fully saturated rings. The molecule has 0 atom stereocenters. The van der Waals surface area contributed by atoms with Crippen molar-refractivity contribution in [2.75, 3.05) is 5.32 Å². The molecule has 0 aliphatic rings. The number of pyridine rings is 1. The first-order valence-corrected chi connectivity index (χ1v) is 10.1. The van der Waals surface area contributed by atoms with Gasteiger partial charge in [0.05, 0.1) is 11.1 Å². The number of anilines is 1. The molecular formula is C22H13F8N5O5. The Balaban J connectivity index is 0.000000333. The Morgan fingerprint density at radius 2 is 1.48 bits per heavy atom. The molecule has 18 heteroatoms. The van der Waals surface area contributed by atoms with Gasteiger partial charge in [0.1, 0.15) is 29.6 Å². The van der Waals surface area contributed by atoms with Gasteiger partial charge in [0.2, 0.25) is 0 Å². The van der Waals surface area contributed by atoms with Gasteiger partial charge in [-0.05, 0) is 30.3 Å². The Labute approximate surface area is 216 Å². The van der Waals surface area contributed by atoms with E-state index < -0.39 is 41.8 Å². The highest BCUT2D eigenvalue weighted by Gasteiger charge is 2.38. The number of carbonyl (C=O) groups is 3. The lowest BCUT2D eigenvalue weighted by atomic mass is 10.2. The van der Waals surface area contributed by atoms with Gasteiger partial charge in [-0.25, -0.2) is 33.3 Å². The normalized spacial score (nSPS) is 11.0. The monoisotopic (exact) mass is 579 g/mol. The molecule has 3 N–H and O–H groups in total. The molecule has 0 aliphatic heterocycles. The second-order valence-corrected chi connectivity index (χ2v) is 7.02. The van der Waals surface area contributed by atoms with Crippen LogP contribution in [0.2, 0.25) is 0 Å². The van der Waals surface area contributed by atoms with Crippen molar-refractivity contribution in [3.8, 4) is 11.4 Å². The van der Waals surface area contributed by atoms with E-state index in [-0.39, 0.29) is 17.1 Å². The van der Waals surface area contributed by atoms with E-state index >= 15 is 0 Å². The van der Waals surface area contributed by atoms with E-state index in [9.17, 15) is 39.9 Å². The first kappa shape index (κ1) is 31.1. The van der Waals surface area contributed by atoms with Crippen molar-refractivity contribution in [2.45, 2.75) is 12.4 Å². The molecule has 0 aliphatic carbocycles. The number of carbonyl (C=O) groups excluding carboxylic acids is 1. The van der Waals surface area contributed by atoms with E-state index in [0.29, 0.717) is 11.3 Å². The predicted molar refractivity (Wildman–Crippen MR) is 118 cm³/mol. The van der Waals surface area contributed by atoms with Crippen LogP contribution in [0.15, 0.2) is 61.2 Å². The second-order valence-electron chi connectivity index (χ2n) is 7.02. The highest BCUT2D eigenvalue weighted by molar-refractivity contribution is 6.07. The third-order valence-corrected chi connectivity index (χ3v) is 4.24. The molecule has 40 heavy (non-hydrogen) atoms. The van der Waals surface area contributed by atoms with Crippen molar-refractivity contribution in [3.05, 3.63) is 78.5 Å². The Bertz CT molecular complexity index is 1480. The summed E-state index contributed by atoms with van der Waals surface area (Å²) in [4.78, 5) is 42.4. The molecule has 0 unspecified atom stereocenters. The Hall–Kier alpha value is -5.16. The van der Waals surface area contributed by atoms with Crippen molar-refractivity contribution in [1.82, 2.24) is 19.4 Å². The predicted octanol–water partition coefficient (Wildman–Crippen LogP) is 4.59. The lowest BCUT2D eigenvalue weighted by Crippen LogP contribution is -2.21. The quantitative estimate of drug-likeness (QED) is 0.299. The van der Waals surface area contributed by atoms with Crippen LogP contribution in [0.1, 0.15) is 10.5 Å². The minimum atomic E-state index is -5.08. The van der Waals surface area contributed by atoms with E-state index in [0.717, 1.165) is 12.1 Å². The summed E-state index contributed by atoms with van der Waals surface area (Å²) in [5, 5.41) is 16.9. The number of rotatable bonds is 3. The third kappa shape index (κ3) is 8.43. The van der Waals surface area contributed by atoms with Gasteiger partial charge in [0, 0.05) is 18.5 Å². The summed E-state index contributed by atoms with van der Waals surface area (Å²) in [6, 6.07) is 9.90. The van der Waals surface area contributed by atoms with Crippen molar-refractivity contribution >= 4 is 29.2 Å². The summed E-state index contributed by atoms with van der Waals surface area (Å²) < 4.78 is 92.5. The Kier molecular flexibility index (Phi) is 9.78. The van der Waals surface area contributed by atoms with Crippen LogP contribution < -0.4 is 5.32 Å². The van der Waals surface area contributed by atoms with Crippen LogP contribution in [0.25, 0.3) is 16.9 Å². The number of carboxylic acid groups (broad SMARTS) is 2. The van der Waals surface area contributed by atoms with Crippen LogP contribution in [0.3, 0.4) is 0 Å². The highest BCUT2D eigenvalue weighted by Crippen LogP contribution is 2.26. The standard InChI is InChI=1S/C18H11F2N5O.2C2HF3O2/c19-11-4-5-12(13(20)9-11)17-24-16(14-3-1-2-8-25(14)17)18(26)23-15-6-7-21-10-22-15;2*3-2(4,5)1(6)7/h1-10H,(H,21,22,23,26);2*(H,6,7). The fourth-order valence-corrected chi connectivity index (χ4v) is 2.61. The van der Waals surface area contributed by atoms with Gasteiger partial charge in [-0.15, -0.1) is 0 Å². The average molecular weight is 579 g/mol. The molecule has 1 aromatic carbocycles. The number of benzene rings is 1. The number of carboxylic acids is 2. The zero-order valence-corrected chi connectivity index (χ0v) is 19.2. The fourth-order valence-electron chi connectivity index (χ4n) is 2.61. The second kappa shape index (κ2) is 12.6. The molecule has 212 valence electrons. The Morgan fingerprint density at radius 3 is 1.98 bits per heavy atom. The maximum Gasteiger partial charge on any atom is 0.490 e. The first-order valence-electron chi connectivity index (χ1n) is 10.1. The van der Waals surface area contributed by atoms with Gasteiger partial charge in [-0.2, -0.15) is 26.3 Å². The molecule has 1 amide bonds. The van der Waals surface area contributed by atoms with Crippen molar-refractivity contribution in [3.63, 3.8) is 0 Å². The van der Waals surface area contributed by atoms with E-state index in [1.165, 1.54) is 24.7 Å². The first-order chi connectivity index (χ1) is 18.5. The zero-order chi connectivity index (χ0) is 30.3. The molecule has 0 bridgehead atoms. The SMILES string of the molecule is O=C(Nc1ccncn1)c1nc(-c2ccc(F)cc2F)n2ccccc12.O=C(O)C(F)(F)F.O=C(O)C(F)(F)F. The van der Waals surface area contributed by atoms with Crippen LogP contribution in [0.5, 0.6) is 0 Å². The lowest BCUT2D eigenvalue weighted by molar-refractivity contribution is -0.193. The summed E-state index contributed by atoms with van der Waals surface area (Å²) in [7, 11) is 0. The molecule has 0 saturated heterocycles. The summed E-state index contributed by atoms with van der Waals surface area (Å²) in [5.41, 5.74) is 0.675. The average Bonchev–Trinajstić information content (AvgIpc) is 3.24. The number of amides is 1. The van der Waals surface area contributed by atoms with E-state index in [1.54, 1.807) is 28.8 Å². The van der Waals surface area contributed by atoms with Gasteiger partial charge >= 0.3 is 24.3 Å². The maximum atomic E-state index is 14.2. The van der Waals surface area contributed by atoms with Gasteiger partial charge in [0.25, 0.3) is 5.91 Å². The largest absolute Gasteiger partial charge is 0.490 e. The number of imidazole rings is 1. The van der Waals surface area contributed by atoms with Crippen LogP contribution in [0, 0.1) is 11.6 Å². The van der Waals surface area contributed by atoms with Crippen molar-refractivity contribution in [2.24, 2.45) is 0 Å². The smallest absolute Gasteiger partial charge is 0.475 e. The molecular weight excluding hydrogens is 566 g/mol. The molecule has 4 aromatic rings. The lowest BCUT2D eigenvalue weighted by Gasteiger charge is -2.02. The molecule has 3 aromatic heterocycles. The number of aliphatic carboxylic acids is 2. The van der Waals surface area contributed by atoms with Crippen molar-refractivity contribution < 1.29 is 59.7 Å². The van der Waals surface area contributed by atoms with Crippen LogP contribution >= 0.6 is 0 Å². The van der Waals surface area contributed by atoms with Gasteiger partial charge in [-0.3, -0.25) is 9.20 Å². The summed E-state index contributed by atoms with van der Waals surface area (Å²) in [5.74, 6) is -6.94. The topological polar surface area (TPSA) is 147 Å². The number of halogens is 8. The fraction of sp³-hybridized carbons (Fsp3) is 0.0909. The molecule has 0 radical (unpaired) electrons. The molecule has 4 rings (SSSR count). The van der Waals surface area contributed by atoms with E-state index in [1.807, 2.05) is 0 Å². The maximum absolute atomic E-state index is 14.2. The number of nitrogens with one attached hydrogen (secondary N) is 1. The minimum Gasteiger partial charge on any atom is -0.475 e. The molecule has 10 nitrogen and oxygen atoms in total. The number of alkyl halides is 6. The minimum absolute atomic E-state index is 0.0914. The Morgan fingerprint density at radius 1 is 0.875 bits per heavy atom. The van der Waals surface area contributed by atoms with Crippen LogP contribution in [-0.4, -0.2) is 59.8 Å². The number of hydrogen-bond acceptors (Lipinski definition) is 6. The number of hydrogen-bond donors (Lipinski definition) is 3. The number of aromatic nitrogens is 4. The number of fused-ring (bicyclic) bond motifs is 1. The third-order valence-electron chi connectivity index (χ3n) is 4.24. The molecule has 0 saturated carbocycles. The molecule has 0 spiro atoms. The van der Waals surface area contributed by atoms with E-state index in [4.69, 9.17) is 19.8 Å². The van der Waals surface area contributed by atoms with E-state index in [2.05, 4.69) is 20.3 Å². The van der Waals surface area contributed by atoms with Gasteiger partial charge in [0.15, 0.2) is 5.69 Å². The summed E-state index contributed by atoms with van der Waals surface area (Å²) in [6.45, 7) is 0. The summed E-state index contributed by atoms with van der Waals surface area (Å²) in [6.07, 6.45) is -5.71. The highest BCUT2D eigenvalue weighted by atomic mass is 19.4. The zero-order valence-electron chi connectivity index (χ0n) is 19.2. The van der Waals surface area contributed by atoms with Crippen molar-refractivity contribution in [1.29, 1.82) is 0 Å². The molecule has 3 heterocycles. The van der Waals surface area contributed by atoms with Gasteiger partial charge < -0.3 is 15.5 Å². The summed E-state index contributed by atoms with van der Waals surface area (Å²) >= 11 is 0. The van der Waals surface area contributed by atoms with Gasteiger partial charge in [-0.1, -0.05) is 6.07 Å². The van der Waals surface area contributed by atoms with Crippen LogP contribution in [-0.2, 0) is 9.59 Å². The number of nitrogens with zero attached hydrogens (tertiary/aromatic N) is 4.